The Labute approximate surface area is 159 Å². The fraction of sp³-hybridized carbons (Fsp3) is 0.200. The van der Waals surface area contributed by atoms with Crippen molar-refractivity contribution in [3.63, 3.8) is 0 Å². The molecule has 0 radical (unpaired) electrons. The number of rotatable bonds is 4. The highest BCUT2D eigenvalue weighted by molar-refractivity contribution is 5.98. The summed E-state index contributed by atoms with van der Waals surface area (Å²) < 4.78 is 14.8. The van der Waals surface area contributed by atoms with E-state index in [4.69, 9.17) is 0 Å². The van der Waals surface area contributed by atoms with Gasteiger partial charge in [0.1, 0.15) is 11.5 Å². The molecule has 0 aliphatic rings. The van der Waals surface area contributed by atoms with Crippen LogP contribution in [-0.2, 0) is 0 Å². The predicted molar refractivity (Wildman–Crippen MR) is 104 cm³/mol. The number of carbonyl (C=O) groups is 1. The molecule has 4 rings (SSSR count). The van der Waals surface area contributed by atoms with Gasteiger partial charge in [-0.2, -0.15) is 10.1 Å². The normalized spacial score (nSPS) is 12.4. The van der Waals surface area contributed by atoms with Crippen LogP contribution in [-0.4, -0.2) is 31.8 Å². The van der Waals surface area contributed by atoms with Crippen molar-refractivity contribution in [2.45, 2.75) is 26.3 Å². The highest BCUT2D eigenvalue weighted by Gasteiger charge is 2.16. The molecule has 28 heavy (non-hydrogen) atoms. The van der Waals surface area contributed by atoms with Gasteiger partial charge in [0.25, 0.3) is 11.5 Å². The van der Waals surface area contributed by atoms with Crippen molar-refractivity contribution in [2.24, 2.45) is 0 Å². The molecule has 1 atom stereocenters. The Morgan fingerprint density at radius 3 is 2.71 bits per heavy atom. The SMILES string of the molecule is CCC(C)NC(=O)c1ccc2c(=O)nc3c(-c4ccc(F)cc4)n[nH]n3c2c1. The van der Waals surface area contributed by atoms with Gasteiger partial charge in [-0.25, -0.2) is 14.1 Å². The third-order valence-corrected chi connectivity index (χ3v) is 4.73. The van der Waals surface area contributed by atoms with Crippen molar-refractivity contribution >= 4 is 22.5 Å². The van der Waals surface area contributed by atoms with Gasteiger partial charge >= 0.3 is 0 Å². The summed E-state index contributed by atoms with van der Waals surface area (Å²) >= 11 is 0. The summed E-state index contributed by atoms with van der Waals surface area (Å²) in [6.45, 7) is 3.91. The van der Waals surface area contributed by atoms with E-state index in [0.29, 0.717) is 33.4 Å². The lowest BCUT2D eigenvalue weighted by molar-refractivity contribution is 0.0939. The number of nitrogens with zero attached hydrogens (tertiary/aromatic N) is 3. The lowest BCUT2D eigenvalue weighted by atomic mass is 10.1. The fourth-order valence-electron chi connectivity index (χ4n) is 2.98. The highest BCUT2D eigenvalue weighted by Crippen LogP contribution is 2.23. The van der Waals surface area contributed by atoms with Crippen LogP contribution in [0.2, 0.25) is 0 Å². The Morgan fingerprint density at radius 1 is 1.25 bits per heavy atom. The zero-order valence-electron chi connectivity index (χ0n) is 15.4. The maximum absolute atomic E-state index is 13.2. The van der Waals surface area contributed by atoms with Gasteiger partial charge in [0.05, 0.1) is 10.9 Å². The van der Waals surface area contributed by atoms with Crippen LogP contribution in [0.15, 0.2) is 47.3 Å². The van der Waals surface area contributed by atoms with Gasteiger partial charge in [0.15, 0.2) is 5.65 Å². The Balaban J connectivity index is 1.88. The minimum atomic E-state index is -0.423. The minimum Gasteiger partial charge on any atom is -0.350 e. The summed E-state index contributed by atoms with van der Waals surface area (Å²) in [5.74, 6) is -0.580. The van der Waals surface area contributed by atoms with Crippen LogP contribution in [0.5, 0.6) is 0 Å². The molecule has 0 bridgehead atoms. The van der Waals surface area contributed by atoms with Gasteiger partial charge in [-0.1, -0.05) is 6.92 Å². The number of fused-ring (bicyclic) bond motifs is 3. The molecule has 2 heterocycles. The molecule has 8 heteroatoms. The monoisotopic (exact) mass is 379 g/mol. The first-order valence-corrected chi connectivity index (χ1v) is 8.95. The molecule has 2 aromatic heterocycles. The maximum atomic E-state index is 13.2. The van der Waals surface area contributed by atoms with Crippen LogP contribution in [0, 0.1) is 5.82 Å². The molecule has 0 spiro atoms. The van der Waals surface area contributed by atoms with Crippen LogP contribution in [0.3, 0.4) is 0 Å². The van der Waals surface area contributed by atoms with Gasteiger partial charge in [-0.15, -0.1) is 0 Å². The molecule has 4 aromatic rings. The number of aromatic nitrogens is 4. The molecule has 0 aliphatic heterocycles. The van der Waals surface area contributed by atoms with Crippen LogP contribution in [0.4, 0.5) is 4.39 Å². The predicted octanol–water partition coefficient (Wildman–Crippen LogP) is 2.91. The Bertz CT molecular complexity index is 1240. The summed E-state index contributed by atoms with van der Waals surface area (Å²) in [5.41, 5.74) is 1.86. The van der Waals surface area contributed by atoms with E-state index < -0.39 is 5.56 Å². The summed E-state index contributed by atoms with van der Waals surface area (Å²) in [6.07, 6.45) is 0.814. The number of aromatic amines is 1. The standard InChI is InChI=1S/C20H18FN5O2/c1-3-11(2)22-19(27)13-6-9-15-16(10-13)26-18(23-20(15)28)17(24-25-26)12-4-7-14(21)8-5-12/h4-11,25H,3H2,1-2H3,(H,22,27). The molecule has 0 saturated carbocycles. The number of nitrogens with one attached hydrogen (secondary N) is 2. The lowest BCUT2D eigenvalue weighted by Gasteiger charge is -2.11. The molecular formula is C20H18FN5O2. The van der Waals surface area contributed by atoms with Gasteiger partial charge in [0.2, 0.25) is 0 Å². The average molecular weight is 379 g/mol. The Hall–Kier alpha value is -3.55. The number of H-pyrrole nitrogens is 1. The highest BCUT2D eigenvalue weighted by atomic mass is 19.1. The maximum Gasteiger partial charge on any atom is 0.281 e. The van der Waals surface area contributed by atoms with Crippen molar-refractivity contribution in [3.05, 3.63) is 64.2 Å². The van der Waals surface area contributed by atoms with Crippen molar-refractivity contribution in [2.75, 3.05) is 0 Å². The van der Waals surface area contributed by atoms with E-state index in [-0.39, 0.29) is 17.8 Å². The van der Waals surface area contributed by atoms with Crippen LogP contribution in [0.25, 0.3) is 27.8 Å². The van der Waals surface area contributed by atoms with Crippen molar-refractivity contribution < 1.29 is 9.18 Å². The minimum absolute atomic E-state index is 0.0422. The zero-order chi connectivity index (χ0) is 19.8. The van der Waals surface area contributed by atoms with Crippen molar-refractivity contribution in [1.82, 2.24) is 25.1 Å². The number of hydrogen-bond donors (Lipinski definition) is 2. The van der Waals surface area contributed by atoms with Crippen LogP contribution >= 0.6 is 0 Å². The third kappa shape index (κ3) is 3.02. The number of halogens is 1. The molecule has 142 valence electrons. The largest absolute Gasteiger partial charge is 0.350 e. The molecule has 1 unspecified atom stereocenters. The van der Waals surface area contributed by atoms with Crippen molar-refractivity contribution in [3.8, 4) is 11.3 Å². The molecule has 2 aromatic carbocycles. The smallest absolute Gasteiger partial charge is 0.281 e. The number of benzene rings is 2. The molecule has 0 aliphatic carbocycles. The molecule has 7 nitrogen and oxygen atoms in total. The van der Waals surface area contributed by atoms with E-state index in [1.807, 2.05) is 13.8 Å². The van der Waals surface area contributed by atoms with E-state index in [1.165, 1.54) is 12.1 Å². The first-order valence-electron chi connectivity index (χ1n) is 8.95. The van der Waals surface area contributed by atoms with E-state index >= 15 is 0 Å². The van der Waals surface area contributed by atoms with Gasteiger partial charge in [-0.05, 0) is 55.8 Å². The number of hydrogen-bond acceptors (Lipinski definition) is 4. The molecule has 2 N–H and O–H groups in total. The van der Waals surface area contributed by atoms with E-state index in [1.54, 1.807) is 34.8 Å². The number of amides is 1. The third-order valence-electron chi connectivity index (χ3n) is 4.73. The topological polar surface area (TPSA) is 92.2 Å². The zero-order valence-corrected chi connectivity index (χ0v) is 15.4. The van der Waals surface area contributed by atoms with E-state index in [2.05, 4.69) is 20.6 Å². The molecular weight excluding hydrogens is 361 g/mol. The molecule has 0 saturated heterocycles. The van der Waals surface area contributed by atoms with E-state index in [9.17, 15) is 14.0 Å². The first-order chi connectivity index (χ1) is 13.5. The number of carbonyl (C=O) groups excluding carboxylic acids is 1. The summed E-state index contributed by atoms with van der Waals surface area (Å²) in [7, 11) is 0. The van der Waals surface area contributed by atoms with Gasteiger partial charge in [-0.3, -0.25) is 9.59 Å². The summed E-state index contributed by atoms with van der Waals surface area (Å²) in [6, 6.07) is 10.6. The Morgan fingerprint density at radius 2 is 2.00 bits per heavy atom. The van der Waals surface area contributed by atoms with Gasteiger partial charge in [0, 0.05) is 17.2 Å². The summed E-state index contributed by atoms with van der Waals surface area (Å²) in [5, 5.41) is 10.3. The second-order valence-electron chi connectivity index (χ2n) is 6.66. The fourth-order valence-corrected chi connectivity index (χ4v) is 2.98. The quantitative estimate of drug-likeness (QED) is 0.570. The van der Waals surface area contributed by atoms with Crippen molar-refractivity contribution in [1.29, 1.82) is 0 Å². The molecule has 1 amide bonds. The van der Waals surface area contributed by atoms with Crippen LogP contribution in [0.1, 0.15) is 30.6 Å². The van der Waals surface area contributed by atoms with Gasteiger partial charge < -0.3 is 5.32 Å². The first kappa shape index (κ1) is 17.8. The Kier molecular flexibility index (Phi) is 4.38. The van der Waals surface area contributed by atoms with E-state index in [0.717, 1.165) is 6.42 Å². The average Bonchev–Trinajstić information content (AvgIpc) is 3.12. The lowest BCUT2D eigenvalue weighted by Crippen LogP contribution is -2.31. The summed E-state index contributed by atoms with van der Waals surface area (Å²) in [4.78, 5) is 29.1. The second kappa shape index (κ2) is 6.88. The van der Waals surface area contributed by atoms with Crippen LogP contribution < -0.4 is 10.9 Å². The molecule has 0 fully saturated rings. The second-order valence-corrected chi connectivity index (χ2v) is 6.66.